The maximum atomic E-state index is 13.7. The molecule has 0 heterocycles. The predicted molar refractivity (Wildman–Crippen MR) is 125 cm³/mol. The van der Waals surface area contributed by atoms with E-state index in [1.54, 1.807) is 30.3 Å². The molecule has 8 nitrogen and oxygen atoms in total. The van der Waals surface area contributed by atoms with E-state index >= 15 is 0 Å². The van der Waals surface area contributed by atoms with Crippen molar-refractivity contribution in [1.82, 2.24) is 16.0 Å². The van der Waals surface area contributed by atoms with Gasteiger partial charge in [-0.3, -0.25) is 14.9 Å². The summed E-state index contributed by atoms with van der Waals surface area (Å²) >= 11 is 0. The monoisotopic (exact) mass is 496 g/mol. The SMILES string of the molecule is CC(C)C=C(C#N)C(=O)NCCCCC(NC(F)C(F)F)C(=O)N[C@@H](Cc1ccccc1)B(O)O. The number of allylic oxidation sites excluding steroid dienone is 1. The number of rotatable bonds is 15. The van der Waals surface area contributed by atoms with Crippen LogP contribution in [-0.2, 0) is 16.0 Å². The van der Waals surface area contributed by atoms with Crippen molar-refractivity contribution in [2.45, 2.75) is 64.2 Å². The summed E-state index contributed by atoms with van der Waals surface area (Å²) in [5, 5.41) is 35.2. The molecule has 2 unspecified atom stereocenters. The van der Waals surface area contributed by atoms with Crippen molar-refractivity contribution in [3.8, 4) is 6.07 Å². The zero-order valence-corrected chi connectivity index (χ0v) is 19.8. The van der Waals surface area contributed by atoms with Gasteiger partial charge in [0.05, 0.1) is 12.0 Å². The Balaban J connectivity index is 2.71. The van der Waals surface area contributed by atoms with Gasteiger partial charge in [-0.25, -0.2) is 13.2 Å². The lowest BCUT2D eigenvalue weighted by Crippen LogP contribution is -2.55. The number of nitrogens with zero attached hydrogens (tertiary/aromatic N) is 1. The molecule has 0 aliphatic carbocycles. The third-order valence-electron chi connectivity index (χ3n) is 4.95. The Hall–Kier alpha value is -2.88. The molecular formula is C23H32BF3N4O4. The van der Waals surface area contributed by atoms with Crippen molar-refractivity contribution in [3.63, 3.8) is 0 Å². The fourth-order valence-corrected chi connectivity index (χ4v) is 3.21. The topological polar surface area (TPSA) is 134 Å². The van der Waals surface area contributed by atoms with Crippen LogP contribution in [0.2, 0.25) is 0 Å². The molecule has 0 saturated heterocycles. The number of hydrogen-bond donors (Lipinski definition) is 5. The maximum absolute atomic E-state index is 13.7. The molecule has 0 radical (unpaired) electrons. The first-order valence-corrected chi connectivity index (χ1v) is 11.3. The van der Waals surface area contributed by atoms with Crippen LogP contribution in [0, 0.1) is 17.2 Å². The van der Waals surface area contributed by atoms with Gasteiger partial charge in [-0.2, -0.15) is 5.26 Å². The number of nitrogens with one attached hydrogen (secondary N) is 3. The van der Waals surface area contributed by atoms with Crippen LogP contribution in [0.25, 0.3) is 0 Å². The van der Waals surface area contributed by atoms with E-state index < -0.39 is 43.6 Å². The summed E-state index contributed by atoms with van der Waals surface area (Å²) in [6.45, 7) is 3.80. The summed E-state index contributed by atoms with van der Waals surface area (Å²) < 4.78 is 39.1. The minimum absolute atomic E-state index is 0.00684. The van der Waals surface area contributed by atoms with E-state index in [-0.39, 0.29) is 37.3 Å². The first kappa shape index (κ1) is 30.2. The molecule has 0 aromatic heterocycles. The standard InChI is InChI=1S/C23H32BF3N4O4/c1-15(2)12-17(14-28)22(32)29-11-7-6-10-18(30-21(27)20(25)26)23(33)31-19(24(34)35)13-16-8-4-3-5-9-16/h3-5,8-9,12,15,18-21,30,34-35H,6-7,10-11,13H2,1-2H3,(H,29,32)(H,31,33)/t18?,19-,21?/m0/s1. The highest BCUT2D eigenvalue weighted by atomic mass is 19.3. The van der Waals surface area contributed by atoms with Gasteiger partial charge in [0.15, 0.2) is 0 Å². The first-order chi connectivity index (χ1) is 16.5. The van der Waals surface area contributed by atoms with Crippen LogP contribution in [0.3, 0.4) is 0 Å². The van der Waals surface area contributed by atoms with Crippen molar-refractivity contribution < 1.29 is 32.8 Å². The molecular weight excluding hydrogens is 464 g/mol. The molecule has 5 N–H and O–H groups in total. The molecule has 3 atom stereocenters. The van der Waals surface area contributed by atoms with Gasteiger partial charge in [0, 0.05) is 6.54 Å². The highest BCUT2D eigenvalue weighted by Crippen LogP contribution is 2.10. The minimum Gasteiger partial charge on any atom is -0.426 e. The van der Waals surface area contributed by atoms with E-state index in [0.29, 0.717) is 12.0 Å². The van der Waals surface area contributed by atoms with Gasteiger partial charge in [-0.15, -0.1) is 0 Å². The number of halogens is 3. The highest BCUT2D eigenvalue weighted by Gasteiger charge is 2.31. The third-order valence-corrected chi connectivity index (χ3v) is 4.95. The molecule has 0 bridgehead atoms. The van der Waals surface area contributed by atoms with Crippen molar-refractivity contribution in [1.29, 1.82) is 5.26 Å². The van der Waals surface area contributed by atoms with Crippen molar-refractivity contribution in [2.75, 3.05) is 6.54 Å². The number of hydrogen-bond acceptors (Lipinski definition) is 6. The average molecular weight is 496 g/mol. The molecule has 1 rings (SSSR count). The van der Waals surface area contributed by atoms with E-state index in [4.69, 9.17) is 5.26 Å². The van der Waals surface area contributed by atoms with Crippen LogP contribution in [-0.4, -0.2) is 60.2 Å². The second kappa shape index (κ2) is 15.9. The number of carbonyl (C=O) groups excluding carboxylic acids is 2. The fraction of sp³-hybridized carbons (Fsp3) is 0.522. The number of unbranched alkanes of at least 4 members (excludes halogenated alkanes) is 1. The Morgan fingerprint density at radius 3 is 2.34 bits per heavy atom. The molecule has 0 aliphatic heterocycles. The molecule has 192 valence electrons. The van der Waals surface area contributed by atoms with E-state index in [9.17, 15) is 32.8 Å². The summed E-state index contributed by atoms with van der Waals surface area (Å²) in [4.78, 5) is 24.7. The van der Waals surface area contributed by atoms with Gasteiger partial charge in [-0.1, -0.05) is 50.3 Å². The largest absolute Gasteiger partial charge is 0.475 e. The second-order valence-corrected chi connectivity index (χ2v) is 8.36. The molecule has 0 saturated carbocycles. The molecule has 35 heavy (non-hydrogen) atoms. The maximum Gasteiger partial charge on any atom is 0.475 e. The smallest absolute Gasteiger partial charge is 0.426 e. The van der Waals surface area contributed by atoms with Crippen LogP contribution in [0.5, 0.6) is 0 Å². The second-order valence-electron chi connectivity index (χ2n) is 8.36. The van der Waals surface area contributed by atoms with Crippen LogP contribution < -0.4 is 16.0 Å². The van der Waals surface area contributed by atoms with Crippen LogP contribution >= 0.6 is 0 Å². The summed E-state index contributed by atoms with van der Waals surface area (Å²) in [6.07, 6.45) is -4.00. The lowest BCUT2D eigenvalue weighted by atomic mass is 9.75. The fourth-order valence-electron chi connectivity index (χ4n) is 3.21. The number of amides is 2. The normalized spacial score (nSPS) is 14.2. The Morgan fingerprint density at radius 2 is 1.80 bits per heavy atom. The minimum atomic E-state index is -3.36. The first-order valence-electron chi connectivity index (χ1n) is 11.3. The zero-order chi connectivity index (χ0) is 26.4. The predicted octanol–water partition coefficient (Wildman–Crippen LogP) is 1.64. The number of nitriles is 1. The van der Waals surface area contributed by atoms with Crippen molar-refractivity contribution >= 4 is 18.9 Å². The van der Waals surface area contributed by atoms with Crippen LogP contribution in [0.1, 0.15) is 38.7 Å². The van der Waals surface area contributed by atoms with E-state index in [2.05, 4.69) is 10.6 Å². The van der Waals surface area contributed by atoms with Crippen LogP contribution in [0.15, 0.2) is 42.0 Å². The number of carbonyl (C=O) groups is 2. The highest BCUT2D eigenvalue weighted by molar-refractivity contribution is 6.43. The molecule has 0 spiro atoms. The summed E-state index contributed by atoms with van der Waals surface area (Å²) in [7, 11) is -1.93. The van der Waals surface area contributed by atoms with Crippen LogP contribution in [0.4, 0.5) is 13.2 Å². The quantitative estimate of drug-likeness (QED) is 0.0824. The number of alkyl halides is 3. The van der Waals surface area contributed by atoms with Gasteiger partial charge >= 0.3 is 7.12 Å². The molecule has 0 fully saturated rings. The van der Waals surface area contributed by atoms with Gasteiger partial charge in [-0.05, 0) is 37.2 Å². The van der Waals surface area contributed by atoms with Gasteiger partial charge in [0.25, 0.3) is 12.3 Å². The van der Waals surface area contributed by atoms with Gasteiger partial charge < -0.3 is 20.7 Å². The van der Waals surface area contributed by atoms with E-state index in [1.807, 2.05) is 25.2 Å². The number of benzene rings is 1. The average Bonchev–Trinajstić information content (AvgIpc) is 2.81. The van der Waals surface area contributed by atoms with E-state index in [0.717, 1.165) is 0 Å². The third kappa shape index (κ3) is 11.9. The molecule has 12 heteroatoms. The zero-order valence-electron chi connectivity index (χ0n) is 19.8. The summed E-state index contributed by atoms with van der Waals surface area (Å²) in [5.41, 5.74) is 0.675. The lowest BCUT2D eigenvalue weighted by molar-refractivity contribution is -0.125. The lowest BCUT2D eigenvalue weighted by Gasteiger charge is -2.24. The Bertz CT molecular complexity index is 866. The molecule has 2 amide bonds. The Morgan fingerprint density at radius 1 is 1.14 bits per heavy atom. The van der Waals surface area contributed by atoms with Gasteiger partial charge in [0.1, 0.15) is 11.6 Å². The van der Waals surface area contributed by atoms with Crippen molar-refractivity contribution in [3.05, 3.63) is 47.5 Å². The van der Waals surface area contributed by atoms with Crippen molar-refractivity contribution in [2.24, 2.45) is 5.92 Å². The molecule has 0 aliphatic rings. The molecule has 1 aromatic rings. The molecule has 1 aromatic carbocycles. The summed E-state index contributed by atoms with van der Waals surface area (Å²) in [5.74, 6) is -2.54. The summed E-state index contributed by atoms with van der Waals surface area (Å²) in [6, 6.07) is 9.11. The Labute approximate surface area is 203 Å². The van der Waals surface area contributed by atoms with Gasteiger partial charge in [0.2, 0.25) is 12.2 Å². The Kier molecular flexibility index (Phi) is 13.7. The van der Waals surface area contributed by atoms with E-state index in [1.165, 1.54) is 6.08 Å².